The zero-order chi connectivity index (χ0) is 20.5. The van der Waals surface area contributed by atoms with Crippen LogP contribution in [0.25, 0.3) is 0 Å². The summed E-state index contributed by atoms with van der Waals surface area (Å²) in [6.07, 6.45) is 2.38. The van der Waals surface area contributed by atoms with Crippen LogP contribution in [0.1, 0.15) is 32.6 Å². The first-order valence-corrected chi connectivity index (χ1v) is 10.2. The number of rotatable bonds is 4. The second kappa shape index (κ2) is 8.00. The lowest BCUT2D eigenvalue weighted by Gasteiger charge is -2.41. The lowest BCUT2D eigenvalue weighted by molar-refractivity contribution is -0.127. The second-order valence-corrected chi connectivity index (χ2v) is 8.15. The van der Waals surface area contributed by atoms with Crippen molar-refractivity contribution in [1.82, 2.24) is 5.32 Å². The third kappa shape index (κ3) is 4.06. The molecule has 3 unspecified atom stereocenters. The van der Waals surface area contributed by atoms with Gasteiger partial charge in [-0.25, -0.2) is 9.18 Å². The van der Waals surface area contributed by atoms with Crippen LogP contribution in [-0.2, 0) is 14.3 Å². The Bertz CT molecular complexity index is 830. The molecule has 1 N–H and O–H groups in total. The summed E-state index contributed by atoms with van der Waals surface area (Å²) in [5.41, 5.74) is 0.942. The minimum Gasteiger partial charge on any atom is -0.442 e. The molecule has 1 aromatic rings. The number of hydrogen-bond acceptors (Lipinski definition) is 5. The van der Waals surface area contributed by atoms with Gasteiger partial charge >= 0.3 is 6.09 Å². The Labute approximate surface area is 169 Å². The largest absolute Gasteiger partial charge is 0.442 e. The molecule has 1 aliphatic carbocycles. The van der Waals surface area contributed by atoms with Crippen LogP contribution in [0.5, 0.6) is 0 Å². The van der Waals surface area contributed by atoms with Crippen molar-refractivity contribution in [2.45, 2.75) is 38.7 Å². The van der Waals surface area contributed by atoms with Crippen LogP contribution in [0.4, 0.5) is 20.6 Å². The fourth-order valence-electron chi connectivity index (χ4n) is 4.71. The number of carbonyl (C=O) groups excluding carboxylic acids is 3. The standard InChI is InChI=1S/C21H26FN3O4/c1-13(26)23-10-16-12-25(21(28)29-16)15-5-6-19(18(22)9-15)24-8-7-17-14(11-24)3-2-4-20(17)27/h5-6,9,14,16-17H,2-4,7-8,10-12H2,1H3,(H,23,26). The predicted octanol–water partition coefficient (Wildman–Crippen LogP) is 2.48. The molecule has 0 bridgehead atoms. The zero-order valence-electron chi connectivity index (χ0n) is 16.5. The summed E-state index contributed by atoms with van der Waals surface area (Å²) >= 11 is 0. The van der Waals surface area contributed by atoms with E-state index >= 15 is 0 Å². The number of nitrogens with zero attached hydrogens (tertiary/aromatic N) is 2. The van der Waals surface area contributed by atoms with Gasteiger partial charge in [0.2, 0.25) is 5.91 Å². The van der Waals surface area contributed by atoms with Gasteiger partial charge in [-0.05, 0) is 43.4 Å². The van der Waals surface area contributed by atoms with Crippen LogP contribution in [0.2, 0.25) is 0 Å². The van der Waals surface area contributed by atoms with Gasteiger partial charge < -0.3 is 15.0 Å². The maximum absolute atomic E-state index is 14.9. The van der Waals surface area contributed by atoms with Gasteiger partial charge in [0.05, 0.1) is 24.5 Å². The van der Waals surface area contributed by atoms with Crippen molar-refractivity contribution < 1.29 is 23.5 Å². The summed E-state index contributed by atoms with van der Waals surface area (Å²) in [7, 11) is 0. The summed E-state index contributed by atoms with van der Waals surface area (Å²) in [5.74, 6) is 0.201. The number of nitrogens with one attached hydrogen (secondary N) is 1. The molecule has 4 rings (SSSR count). The van der Waals surface area contributed by atoms with Crippen LogP contribution < -0.4 is 15.1 Å². The molecule has 7 nitrogen and oxygen atoms in total. The molecule has 29 heavy (non-hydrogen) atoms. The number of cyclic esters (lactones) is 1. The maximum Gasteiger partial charge on any atom is 0.414 e. The molecular weight excluding hydrogens is 377 g/mol. The molecule has 2 saturated heterocycles. The fraction of sp³-hybridized carbons (Fsp3) is 0.571. The molecule has 3 aliphatic rings. The van der Waals surface area contributed by atoms with E-state index in [-0.39, 0.29) is 30.7 Å². The average Bonchev–Trinajstić information content (AvgIpc) is 3.07. The van der Waals surface area contributed by atoms with E-state index < -0.39 is 12.2 Å². The minimum absolute atomic E-state index is 0.127. The first-order chi connectivity index (χ1) is 13.9. The summed E-state index contributed by atoms with van der Waals surface area (Å²) in [5, 5.41) is 2.62. The number of piperidine rings is 1. The summed E-state index contributed by atoms with van der Waals surface area (Å²) in [4.78, 5) is 38.7. The molecule has 2 amide bonds. The number of hydrogen-bond donors (Lipinski definition) is 1. The predicted molar refractivity (Wildman–Crippen MR) is 105 cm³/mol. The molecule has 2 heterocycles. The van der Waals surface area contributed by atoms with E-state index in [1.54, 1.807) is 12.1 Å². The van der Waals surface area contributed by atoms with E-state index in [9.17, 15) is 18.8 Å². The van der Waals surface area contributed by atoms with Gasteiger partial charge in [0.25, 0.3) is 0 Å². The molecule has 3 atom stereocenters. The van der Waals surface area contributed by atoms with Crippen molar-refractivity contribution in [3.05, 3.63) is 24.0 Å². The Balaban J connectivity index is 1.44. The highest BCUT2D eigenvalue weighted by Gasteiger charge is 2.37. The maximum atomic E-state index is 14.9. The van der Waals surface area contributed by atoms with Gasteiger partial charge in [0.15, 0.2) is 0 Å². The second-order valence-electron chi connectivity index (χ2n) is 8.15. The SMILES string of the molecule is CC(=O)NCC1CN(c2ccc(N3CCC4C(=O)CCCC4C3)c(F)c2)C(=O)O1. The third-order valence-corrected chi connectivity index (χ3v) is 6.18. The molecule has 1 aromatic carbocycles. The number of fused-ring (bicyclic) bond motifs is 1. The Kier molecular flexibility index (Phi) is 5.43. The van der Waals surface area contributed by atoms with Gasteiger partial charge in [0, 0.05) is 32.4 Å². The average molecular weight is 403 g/mol. The van der Waals surface area contributed by atoms with Crippen molar-refractivity contribution in [2.75, 3.05) is 36.0 Å². The number of carbonyl (C=O) groups is 3. The van der Waals surface area contributed by atoms with Gasteiger partial charge in [-0.1, -0.05) is 0 Å². The van der Waals surface area contributed by atoms with Crippen LogP contribution in [0.3, 0.4) is 0 Å². The summed E-state index contributed by atoms with van der Waals surface area (Å²) < 4.78 is 20.2. The van der Waals surface area contributed by atoms with Crippen molar-refractivity contribution in [1.29, 1.82) is 0 Å². The normalized spacial score (nSPS) is 26.9. The number of halogens is 1. The van der Waals surface area contributed by atoms with E-state index in [1.165, 1.54) is 17.9 Å². The lowest BCUT2D eigenvalue weighted by Crippen LogP contribution is -2.45. The van der Waals surface area contributed by atoms with E-state index in [0.29, 0.717) is 42.6 Å². The van der Waals surface area contributed by atoms with Crippen LogP contribution in [0, 0.1) is 17.7 Å². The van der Waals surface area contributed by atoms with Crippen LogP contribution in [-0.4, -0.2) is 50.1 Å². The van der Waals surface area contributed by atoms with Crippen molar-refractivity contribution in [3.63, 3.8) is 0 Å². The molecule has 156 valence electrons. The number of benzene rings is 1. The minimum atomic E-state index is -0.547. The van der Waals surface area contributed by atoms with Crippen LogP contribution in [0.15, 0.2) is 18.2 Å². The zero-order valence-corrected chi connectivity index (χ0v) is 16.5. The number of ketones is 1. The number of Topliss-reactive ketones (excluding diaryl/α,β-unsaturated/α-hetero) is 1. The quantitative estimate of drug-likeness (QED) is 0.836. The highest BCUT2D eigenvalue weighted by atomic mass is 19.1. The van der Waals surface area contributed by atoms with Crippen molar-refractivity contribution >= 4 is 29.2 Å². The Morgan fingerprint density at radius 2 is 2.10 bits per heavy atom. The molecule has 3 fully saturated rings. The molecule has 2 aliphatic heterocycles. The molecule has 0 radical (unpaired) electrons. The molecule has 0 spiro atoms. The molecule has 8 heteroatoms. The Hall–Kier alpha value is -2.64. The van der Waals surface area contributed by atoms with E-state index in [4.69, 9.17) is 4.74 Å². The third-order valence-electron chi connectivity index (χ3n) is 6.18. The molecular formula is C21H26FN3O4. The van der Waals surface area contributed by atoms with Crippen LogP contribution >= 0.6 is 0 Å². The number of ether oxygens (including phenoxy) is 1. The topological polar surface area (TPSA) is 79.0 Å². The van der Waals surface area contributed by atoms with Crippen molar-refractivity contribution in [3.8, 4) is 0 Å². The number of amides is 2. The Morgan fingerprint density at radius 1 is 1.28 bits per heavy atom. The van der Waals surface area contributed by atoms with Gasteiger partial charge in [-0.15, -0.1) is 0 Å². The highest BCUT2D eigenvalue weighted by molar-refractivity contribution is 5.90. The Morgan fingerprint density at radius 3 is 2.86 bits per heavy atom. The summed E-state index contributed by atoms with van der Waals surface area (Å²) in [6.45, 7) is 3.24. The fourth-order valence-corrected chi connectivity index (χ4v) is 4.71. The van der Waals surface area contributed by atoms with E-state index in [0.717, 1.165) is 19.3 Å². The van der Waals surface area contributed by atoms with Gasteiger partial charge in [-0.3, -0.25) is 14.5 Å². The van der Waals surface area contributed by atoms with Gasteiger partial charge in [-0.2, -0.15) is 0 Å². The highest BCUT2D eigenvalue weighted by Crippen LogP contribution is 2.37. The van der Waals surface area contributed by atoms with E-state index in [2.05, 4.69) is 5.32 Å². The molecule has 1 saturated carbocycles. The monoisotopic (exact) mass is 403 g/mol. The lowest BCUT2D eigenvalue weighted by atomic mass is 9.74. The van der Waals surface area contributed by atoms with Crippen molar-refractivity contribution in [2.24, 2.45) is 11.8 Å². The first kappa shape index (κ1) is 19.7. The summed E-state index contributed by atoms with van der Waals surface area (Å²) in [6, 6.07) is 4.78. The van der Waals surface area contributed by atoms with E-state index in [1.807, 2.05) is 4.90 Å². The smallest absolute Gasteiger partial charge is 0.414 e. The number of anilines is 2. The first-order valence-electron chi connectivity index (χ1n) is 10.2. The van der Waals surface area contributed by atoms with Gasteiger partial charge in [0.1, 0.15) is 17.7 Å². The molecule has 0 aromatic heterocycles.